The number of rotatable bonds is 3. The van der Waals surface area contributed by atoms with Gasteiger partial charge in [-0.2, -0.15) is 0 Å². The number of nitrogens with two attached hydrogens (primary N) is 1. The summed E-state index contributed by atoms with van der Waals surface area (Å²) in [7, 11) is 0. The molecule has 0 aliphatic heterocycles. The van der Waals surface area contributed by atoms with Gasteiger partial charge < -0.3 is 5.73 Å². The zero-order valence-corrected chi connectivity index (χ0v) is 11.9. The third-order valence-corrected chi connectivity index (χ3v) is 4.68. The maximum absolute atomic E-state index is 6.25. The molecule has 16 heavy (non-hydrogen) atoms. The predicted molar refractivity (Wildman–Crippen MR) is 75.9 cm³/mol. The molecule has 1 heterocycles. The predicted octanol–water partition coefficient (Wildman–Crippen LogP) is 4.71. The summed E-state index contributed by atoms with van der Waals surface area (Å²) in [5.74, 6) is 0.636. The molecule has 2 rings (SSSR count). The smallest absolute Gasteiger partial charge is 0.0488 e. The molecule has 0 saturated carbocycles. The first-order valence-electron chi connectivity index (χ1n) is 5.50. The lowest BCUT2D eigenvalue weighted by Crippen LogP contribution is -2.12. The fraction of sp³-hybridized carbons (Fsp3) is 0.385. The average molecular weight is 298 g/mol. The van der Waals surface area contributed by atoms with Crippen LogP contribution >= 0.6 is 27.3 Å². The maximum atomic E-state index is 6.25. The summed E-state index contributed by atoms with van der Waals surface area (Å²) < 4.78 is 2.47. The van der Waals surface area contributed by atoms with Gasteiger partial charge in [0.2, 0.25) is 0 Å². The van der Waals surface area contributed by atoms with Crippen LogP contribution in [0.25, 0.3) is 10.1 Å². The maximum Gasteiger partial charge on any atom is 0.0488 e. The molecule has 1 aromatic heterocycles. The van der Waals surface area contributed by atoms with Crippen LogP contribution in [0.2, 0.25) is 0 Å². The van der Waals surface area contributed by atoms with Crippen molar-refractivity contribution in [3.63, 3.8) is 0 Å². The molecule has 0 radical (unpaired) electrons. The van der Waals surface area contributed by atoms with Crippen molar-refractivity contribution in [2.75, 3.05) is 0 Å². The minimum atomic E-state index is 0.156. The fourth-order valence-corrected chi connectivity index (χ4v) is 3.65. The summed E-state index contributed by atoms with van der Waals surface area (Å²) in [6.07, 6.45) is 1.04. The molecule has 1 atom stereocenters. The zero-order chi connectivity index (χ0) is 11.7. The Morgan fingerprint density at radius 2 is 2.12 bits per heavy atom. The van der Waals surface area contributed by atoms with E-state index in [-0.39, 0.29) is 6.04 Å². The van der Waals surface area contributed by atoms with Gasteiger partial charge in [0.25, 0.3) is 0 Å². The first-order valence-corrected chi connectivity index (χ1v) is 7.18. The lowest BCUT2D eigenvalue weighted by atomic mass is 9.97. The van der Waals surface area contributed by atoms with E-state index in [4.69, 9.17) is 5.73 Å². The van der Waals surface area contributed by atoms with Gasteiger partial charge in [-0.05, 0) is 50.7 Å². The van der Waals surface area contributed by atoms with Crippen molar-refractivity contribution in [2.45, 2.75) is 26.3 Å². The Hall–Kier alpha value is -0.380. The van der Waals surface area contributed by atoms with Crippen LogP contribution in [-0.4, -0.2) is 0 Å². The SMILES string of the molecule is CC(C)CC(N)c1csc2c(Br)cccc12. The molecular weight excluding hydrogens is 282 g/mol. The van der Waals surface area contributed by atoms with E-state index in [0.717, 1.165) is 10.9 Å². The monoisotopic (exact) mass is 297 g/mol. The van der Waals surface area contributed by atoms with Crippen LogP contribution in [0.3, 0.4) is 0 Å². The van der Waals surface area contributed by atoms with Crippen LogP contribution in [0.4, 0.5) is 0 Å². The summed E-state index contributed by atoms with van der Waals surface area (Å²) >= 11 is 5.35. The van der Waals surface area contributed by atoms with E-state index in [9.17, 15) is 0 Å². The summed E-state index contributed by atoms with van der Waals surface area (Å²) in [5, 5.41) is 3.50. The number of halogens is 1. The van der Waals surface area contributed by atoms with Crippen LogP contribution in [0.1, 0.15) is 31.9 Å². The number of fused-ring (bicyclic) bond motifs is 1. The normalized spacial score (nSPS) is 13.6. The molecule has 0 saturated heterocycles. The van der Waals surface area contributed by atoms with Crippen LogP contribution in [-0.2, 0) is 0 Å². The van der Waals surface area contributed by atoms with Crippen molar-refractivity contribution in [2.24, 2.45) is 11.7 Å². The van der Waals surface area contributed by atoms with Gasteiger partial charge in [0.1, 0.15) is 0 Å². The Morgan fingerprint density at radius 1 is 1.38 bits per heavy atom. The molecule has 1 aromatic carbocycles. The van der Waals surface area contributed by atoms with Crippen LogP contribution in [0.5, 0.6) is 0 Å². The lowest BCUT2D eigenvalue weighted by Gasteiger charge is -2.13. The van der Waals surface area contributed by atoms with Gasteiger partial charge in [0, 0.05) is 15.2 Å². The molecule has 0 bridgehead atoms. The van der Waals surface area contributed by atoms with Gasteiger partial charge >= 0.3 is 0 Å². The van der Waals surface area contributed by atoms with Crippen LogP contribution < -0.4 is 5.73 Å². The van der Waals surface area contributed by atoms with E-state index in [1.807, 2.05) is 0 Å². The topological polar surface area (TPSA) is 26.0 Å². The summed E-state index contributed by atoms with van der Waals surface area (Å²) in [6, 6.07) is 6.47. The van der Waals surface area contributed by atoms with Crippen LogP contribution in [0, 0.1) is 5.92 Å². The average Bonchev–Trinajstić information content (AvgIpc) is 2.61. The van der Waals surface area contributed by atoms with Crippen molar-refractivity contribution in [1.82, 2.24) is 0 Å². The van der Waals surface area contributed by atoms with Crippen molar-refractivity contribution in [3.8, 4) is 0 Å². The first kappa shape index (κ1) is 12.1. The van der Waals surface area contributed by atoms with Crippen molar-refractivity contribution in [1.29, 1.82) is 0 Å². The Labute approximate surface area is 109 Å². The van der Waals surface area contributed by atoms with Crippen LogP contribution in [0.15, 0.2) is 28.1 Å². The lowest BCUT2D eigenvalue weighted by molar-refractivity contribution is 0.512. The second-order valence-corrected chi connectivity index (χ2v) is 6.28. The van der Waals surface area contributed by atoms with E-state index < -0.39 is 0 Å². The largest absolute Gasteiger partial charge is 0.324 e. The Balaban J connectivity index is 2.42. The number of hydrogen-bond acceptors (Lipinski definition) is 2. The molecule has 1 unspecified atom stereocenters. The van der Waals surface area contributed by atoms with Crippen molar-refractivity contribution >= 4 is 37.4 Å². The van der Waals surface area contributed by atoms with E-state index >= 15 is 0 Å². The summed E-state index contributed by atoms with van der Waals surface area (Å²) in [4.78, 5) is 0. The molecule has 1 nitrogen and oxygen atoms in total. The minimum Gasteiger partial charge on any atom is -0.324 e. The van der Waals surface area contributed by atoms with Gasteiger partial charge in [-0.15, -0.1) is 11.3 Å². The molecule has 2 N–H and O–H groups in total. The molecule has 3 heteroatoms. The minimum absolute atomic E-state index is 0.156. The number of hydrogen-bond donors (Lipinski definition) is 1. The Kier molecular flexibility index (Phi) is 3.67. The second kappa shape index (κ2) is 4.86. The highest BCUT2D eigenvalue weighted by atomic mass is 79.9. The highest BCUT2D eigenvalue weighted by molar-refractivity contribution is 9.10. The highest BCUT2D eigenvalue weighted by Gasteiger charge is 2.14. The van der Waals surface area contributed by atoms with E-state index in [0.29, 0.717) is 5.92 Å². The molecule has 0 spiro atoms. The Bertz CT molecular complexity index is 490. The fourth-order valence-electron chi connectivity index (χ4n) is 1.96. The van der Waals surface area contributed by atoms with E-state index in [1.165, 1.54) is 15.6 Å². The van der Waals surface area contributed by atoms with E-state index in [2.05, 4.69) is 53.4 Å². The molecule has 2 aromatic rings. The Morgan fingerprint density at radius 3 is 2.81 bits per heavy atom. The summed E-state index contributed by atoms with van der Waals surface area (Å²) in [5.41, 5.74) is 7.53. The number of thiophene rings is 1. The molecule has 0 amide bonds. The van der Waals surface area contributed by atoms with Gasteiger partial charge in [0.05, 0.1) is 0 Å². The van der Waals surface area contributed by atoms with Gasteiger partial charge in [-0.3, -0.25) is 0 Å². The molecule has 0 aliphatic rings. The molecule has 86 valence electrons. The van der Waals surface area contributed by atoms with Gasteiger partial charge in [0.15, 0.2) is 0 Å². The molecule has 0 fully saturated rings. The standard InChI is InChI=1S/C13H16BrNS/c1-8(2)6-12(15)10-7-16-13-9(10)4-3-5-11(13)14/h3-5,7-8,12H,6,15H2,1-2H3. The zero-order valence-electron chi connectivity index (χ0n) is 9.53. The third kappa shape index (κ3) is 2.31. The van der Waals surface area contributed by atoms with Crippen molar-refractivity contribution in [3.05, 3.63) is 33.6 Å². The first-order chi connectivity index (χ1) is 7.59. The van der Waals surface area contributed by atoms with Crippen molar-refractivity contribution < 1.29 is 0 Å². The molecular formula is C13H16BrNS. The quantitative estimate of drug-likeness (QED) is 0.872. The molecule has 0 aliphatic carbocycles. The highest BCUT2D eigenvalue weighted by Crippen LogP contribution is 2.35. The third-order valence-electron chi connectivity index (χ3n) is 2.71. The van der Waals surface area contributed by atoms with E-state index in [1.54, 1.807) is 11.3 Å². The summed E-state index contributed by atoms with van der Waals surface area (Å²) in [6.45, 7) is 4.43. The number of benzene rings is 1. The van der Waals surface area contributed by atoms with Gasteiger partial charge in [-0.25, -0.2) is 0 Å². The van der Waals surface area contributed by atoms with Gasteiger partial charge in [-0.1, -0.05) is 26.0 Å². The second-order valence-electron chi connectivity index (χ2n) is 4.54.